The number of alkyl halides is 3. The maximum Gasteiger partial charge on any atom is 0.422 e. The van der Waals surface area contributed by atoms with Crippen LogP contribution in [0.1, 0.15) is 28.8 Å². The van der Waals surface area contributed by atoms with Gasteiger partial charge in [0.1, 0.15) is 0 Å². The second kappa shape index (κ2) is 8.28. The van der Waals surface area contributed by atoms with Crippen LogP contribution >= 0.6 is 0 Å². The molecule has 1 fully saturated rings. The van der Waals surface area contributed by atoms with Gasteiger partial charge >= 0.3 is 6.18 Å². The minimum atomic E-state index is -4.48. The Bertz CT molecular complexity index is 871. The van der Waals surface area contributed by atoms with E-state index >= 15 is 0 Å². The highest BCUT2D eigenvalue weighted by Crippen LogP contribution is 2.23. The van der Waals surface area contributed by atoms with Crippen molar-refractivity contribution in [2.24, 2.45) is 0 Å². The van der Waals surface area contributed by atoms with Crippen molar-refractivity contribution in [1.82, 2.24) is 10.3 Å². The molecule has 0 unspecified atom stereocenters. The summed E-state index contributed by atoms with van der Waals surface area (Å²) < 4.78 is 41.8. The number of aromatic nitrogens is 1. The summed E-state index contributed by atoms with van der Waals surface area (Å²) in [6, 6.07) is 9.72. The van der Waals surface area contributed by atoms with E-state index in [2.05, 4.69) is 10.3 Å². The minimum Gasteiger partial charge on any atom is -0.468 e. The average molecular weight is 393 g/mol. The summed E-state index contributed by atoms with van der Waals surface area (Å²) in [5, 5.41) is 2.64. The molecule has 1 aliphatic heterocycles. The number of halogens is 3. The molecule has 0 spiro atoms. The SMILES string of the molecule is O=C(NCc1cccnc1OCC(F)(F)F)c1cccc(N2CCCC2=O)c1. The molecule has 1 saturated heterocycles. The molecule has 9 heteroatoms. The van der Waals surface area contributed by atoms with E-state index in [-0.39, 0.29) is 18.3 Å². The molecule has 2 amide bonds. The van der Waals surface area contributed by atoms with Crippen LogP contribution in [0.5, 0.6) is 5.88 Å². The molecule has 1 aromatic heterocycles. The van der Waals surface area contributed by atoms with E-state index in [4.69, 9.17) is 4.74 Å². The van der Waals surface area contributed by atoms with Crippen LogP contribution < -0.4 is 15.0 Å². The number of benzene rings is 1. The fraction of sp³-hybridized carbons (Fsp3) is 0.316. The third kappa shape index (κ3) is 4.99. The van der Waals surface area contributed by atoms with Crippen molar-refractivity contribution in [2.45, 2.75) is 25.6 Å². The second-order valence-corrected chi connectivity index (χ2v) is 6.25. The quantitative estimate of drug-likeness (QED) is 0.819. The number of hydrogen-bond donors (Lipinski definition) is 1. The molecular weight excluding hydrogens is 375 g/mol. The van der Waals surface area contributed by atoms with Crippen LogP contribution in [0.2, 0.25) is 0 Å². The van der Waals surface area contributed by atoms with E-state index in [9.17, 15) is 22.8 Å². The van der Waals surface area contributed by atoms with Gasteiger partial charge in [-0.25, -0.2) is 4.98 Å². The smallest absolute Gasteiger partial charge is 0.422 e. The average Bonchev–Trinajstić information content (AvgIpc) is 3.10. The molecular formula is C19H18F3N3O3. The van der Waals surface area contributed by atoms with E-state index in [0.29, 0.717) is 29.8 Å². The van der Waals surface area contributed by atoms with E-state index < -0.39 is 18.7 Å². The van der Waals surface area contributed by atoms with Crippen LogP contribution in [0.15, 0.2) is 42.6 Å². The molecule has 0 radical (unpaired) electrons. The molecule has 0 saturated carbocycles. The van der Waals surface area contributed by atoms with Crippen LogP contribution in [-0.2, 0) is 11.3 Å². The minimum absolute atomic E-state index is 0.0133. The zero-order chi connectivity index (χ0) is 20.1. The molecule has 2 heterocycles. The first-order chi connectivity index (χ1) is 13.3. The van der Waals surface area contributed by atoms with E-state index in [0.717, 1.165) is 6.42 Å². The van der Waals surface area contributed by atoms with E-state index in [1.807, 2.05) is 0 Å². The van der Waals surface area contributed by atoms with Gasteiger partial charge in [0.15, 0.2) is 6.61 Å². The summed E-state index contributed by atoms with van der Waals surface area (Å²) in [7, 11) is 0. The molecule has 148 valence electrons. The highest BCUT2D eigenvalue weighted by molar-refractivity contribution is 5.99. The van der Waals surface area contributed by atoms with Crippen LogP contribution in [0.4, 0.5) is 18.9 Å². The first-order valence-electron chi connectivity index (χ1n) is 8.65. The molecule has 0 atom stereocenters. The van der Waals surface area contributed by atoms with Gasteiger partial charge in [-0.3, -0.25) is 9.59 Å². The summed E-state index contributed by atoms with van der Waals surface area (Å²) >= 11 is 0. The number of amides is 2. The van der Waals surface area contributed by atoms with Gasteiger partial charge in [-0.05, 0) is 30.7 Å². The maximum atomic E-state index is 12.4. The van der Waals surface area contributed by atoms with Gasteiger partial charge < -0.3 is 15.0 Å². The number of anilines is 1. The largest absolute Gasteiger partial charge is 0.468 e. The van der Waals surface area contributed by atoms with Gasteiger partial charge in [0.2, 0.25) is 11.8 Å². The first-order valence-corrected chi connectivity index (χ1v) is 8.65. The van der Waals surface area contributed by atoms with Crippen molar-refractivity contribution >= 4 is 17.5 Å². The predicted molar refractivity (Wildman–Crippen MR) is 95.0 cm³/mol. The van der Waals surface area contributed by atoms with Crippen LogP contribution in [0.3, 0.4) is 0 Å². The Morgan fingerprint density at radius 2 is 2.07 bits per heavy atom. The van der Waals surface area contributed by atoms with Crippen molar-refractivity contribution < 1.29 is 27.5 Å². The Kier molecular flexibility index (Phi) is 5.81. The lowest BCUT2D eigenvalue weighted by Gasteiger charge is -2.16. The van der Waals surface area contributed by atoms with Crippen molar-refractivity contribution in [1.29, 1.82) is 0 Å². The monoisotopic (exact) mass is 393 g/mol. The zero-order valence-electron chi connectivity index (χ0n) is 14.8. The number of rotatable bonds is 6. The molecule has 2 aromatic rings. The van der Waals surface area contributed by atoms with Gasteiger partial charge in [-0.1, -0.05) is 12.1 Å². The summed E-state index contributed by atoms with van der Waals surface area (Å²) in [5.74, 6) is -0.588. The van der Waals surface area contributed by atoms with E-state index in [1.165, 1.54) is 12.3 Å². The van der Waals surface area contributed by atoms with Gasteiger partial charge in [0.25, 0.3) is 5.91 Å². The molecule has 0 aliphatic carbocycles. The number of carbonyl (C=O) groups is 2. The molecule has 1 aliphatic rings. The van der Waals surface area contributed by atoms with Gasteiger partial charge in [-0.2, -0.15) is 13.2 Å². The van der Waals surface area contributed by atoms with Crippen molar-refractivity contribution in [3.63, 3.8) is 0 Å². The van der Waals surface area contributed by atoms with Crippen LogP contribution in [-0.4, -0.2) is 36.1 Å². The lowest BCUT2D eigenvalue weighted by atomic mass is 10.1. The van der Waals surface area contributed by atoms with Gasteiger partial charge in [0.05, 0.1) is 0 Å². The Hall–Kier alpha value is -3.10. The standard InChI is InChI=1S/C19H18F3N3O3/c20-19(21,22)12-28-18-14(5-2-8-23-18)11-24-17(27)13-4-1-6-15(10-13)25-9-3-7-16(25)26/h1-2,4-6,8,10H,3,7,9,11-12H2,(H,24,27). The lowest BCUT2D eigenvalue weighted by Crippen LogP contribution is -2.26. The number of pyridine rings is 1. The maximum absolute atomic E-state index is 12.4. The number of carbonyl (C=O) groups excluding carboxylic acids is 2. The Labute approximate surface area is 159 Å². The zero-order valence-corrected chi connectivity index (χ0v) is 14.8. The number of hydrogen-bond acceptors (Lipinski definition) is 4. The highest BCUT2D eigenvalue weighted by atomic mass is 19.4. The molecule has 3 rings (SSSR count). The third-order valence-electron chi connectivity index (χ3n) is 4.16. The molecule has 6 nitrogen and oxygen atoms in total. The van der Waals surface area contributed by atoms with Gasteiger partial charge in [-0.15, -0.1) is 0 Å². The number of ether oxygens (including phenoxy) is 1. The fourth-order valence-electron chi connectivity index (χ4n) is 2.85. The summed E-state index contributed by atoms with van der Waals surface area (Å²) in [5.41, 5.74) is 1.32. The Morgan fingerprint density at radius 1 is 1.25 bits per heavy atom. The van der Waals surface area contributed by atoms with E-state index in [1.54, 1.807) is 35.2 Å². The molecule has 1 aromatic carbocycles. The summed E-state index contributed by atoms with van der Waals surface area (Å²) in [6.45, 7) is -0.900. The molecule has 0 bridgehead atoms. The lowest BCUT2D eigenvalue weighted by molar-refractivity contribution is -0.154. The summed E-state index contributed by atoms with van der Waals surface area (Å²) in [6.07, 6.45) is -1.91. The topological polar surface area (TPSA) is 71.5 Å². The van der Waals surface area contributed by atoms with Crippen molar-refractivity contribution in [2.75, 3.05) is 18.1 Å². The predicted octanol–water partition coefficient (Wildman–Crippen LogP) is 3.08. The number of nitrogens with zero attached hydrogens (tertiary/aromatic N) is 2. The van der Waals surface area contributed by atoms with Crippen LogP contribution in [0.25, 0.3) is 0 Å². The van der Waals surface area contributed by atoms with Crippen LogP contribution in [0, 0.1) is 0 Å². The molecule has 1 N–H and O–H groups in total. The normalized spacial score (nSPS) is 14.2. The highest BCUT2D eigenvalue weighted by Gasteiger charge is 2.29. The number of nitrogens with one attached hydrogen (secondary N) is 1. The Morgan fingerprint density at radius 3 is 2.79 bits per heavy atom. The Balaban J connectivity index is 1.66. The first kappa shape index (κ1) is 19.7. The third-order valence-corrected chi connectivity index (χ3v) is 4.16. The van der Waals surface area contributed by atoms with Gasteiger partial charge in [0, 0.05) is 42.5 Å². The fourth-order valence-corrected chi connectivity index (χ4v) is 2.85. The van der Waals surface area contributed by atoms with Crippen molar-refractivity contribution in [3.8, 4) is 5.88 Å². The van der Waals surface area contributed by atoms with Crippen molar-refractivity contribution in [3.05, 3.63) is 53.7 Å². The molecule has 28 heavy (non-hydrogen) atoms. The second-order valence-electron chi connectivity index (χ2n) is 6.25. The summed E-state index contributed by atoms with van der Waals surface area (Å²) in [4.78, 5) is 29.7.